The van der Waals surface area contributed by atoms with Crippen LogP contribution >= 0.6 is 0 Å². The lowest BCUT2D eigenvalue weighted by molar-refractivity contribution is 0.163. The van der Waals surface area contributed by atoms with Crippen LogP contribution in [-0.2, 0) is 11.2 Å². The molecule has 0 amide bonds. The van der Waals surface area contributed by atoms with Crippen LogP contribution in [0.1, 0.15) is 30.5 Å². The van der Waals surface area contributed by atoms with Crippen molar-refractivity contribution in [2.24, 2.45) is 0 Å². The molecule has 0 radical (unpaired) electrons. The van der Waals surface area contributed by atoms with Crippen LogP contribution in [0, 0.1) is 0 Å². The average Bonchev–Trinajstić information content (AvgIpc) is 2.59. The molecule has 0 saturated heterocycles. The Balaban J connectivity index is 1.70. The van der Waals surface area contributed by atoms with E-state index in [1.165, 1.54) is 22.3 Å². The van der Waals surface area contributed by atoms with Crippen LogP contribution in [0.5, 0.6) is 11.5 Å². The van der Waals surface area contributed by atoms with E-state index in [1.807, 2.05) is 0 Å². The zero-order chi connectivity index (χ0) is 16.0. The molecule has 0 saturated carbocycles. The van der Waals surface area contributed by atoms with Crippen molar-refractivity contribution in [3.63, 3.8) is 0 Å². The Bertz CT molecular complexity index is 692. The molecule has 1 aromatic carbocycles. The van der Waals surface area contributed by atoms with Gasteiger partial charge >= 0.3 is 0 Å². The van der Waals surface area contributed by atoms with Gasteiger partial charge in [0.25, 0.3) is 0 Å². The first kappa shape index (κ1) is 14.6. The SMILES string of the molecule is C=C(OC)C1=C(C)C[C@H]2c3cc4c(cc3CCN2C1)OCCO4. The molecule has 0 aromatic heterocycles. The van der Waals surface area contributed by atoms with E-state index in [4.69, 9.17) is 14.2 Å². The van der Waals surface area contributed by atoms with Crippen LogP contribution in [0.2, 0.25) is 0 Å². The van der Waals surface area contributed by atoms with E-state index in [0.717, 1.165) is 43.2 Å². The summed E-state index contributed by atoms with van der Waals surface area (Å²) in [5.41, 5.74) is 5.42. The smallest absolute Gasteiger partial charge is 0.161 e. The van der Waals surface area contributed by atoms with Crippen LogP contribution in [0.15, 0.2) is 35.6 Å². The fourth-order valence-corrected chi connectivity index (χ4v) is 3.92. The van der Waals surface area contributed by atoms with E-state index < -0.39 is 0 Å². The first-order valence-electron chi connectivity index (χ1n) is 8.25. The van der Waals surface area contributed by atoms with Gasteiger partial charge in [0.1, 0.15) is 19.0 Å². The second kappa shape index (κ2) is 5.60. The summed E-state index contributed by atoms with van der Waals surface area (Å²) in [6.07, 6.45) is 2.07. The third-order valence-corrected chi connectivity index (χ3v) is 5.23. The monoisotopic (exact) mass is 313 g/mol. The lowest BCUT2D eigenvalue weighted by atomic mass is 9.84. The molecule has 122 valence electrons. The Hall–Kier alpha value is -1.94. The second-order valence-corrected chi connectivity index (χ2v) is 6.52. The normalized spacial score (nSPS) is 23.1. The van der Waals surface area contributed by atoms with Crippen molar-refractivity contribution >= 4 is 0 Å². The quantitative estimate of drug-likeness (QED) is 0.784. The minimum Gasteiger partial charge on any atom is -0.497 e. The van der Waals surface area contributed by atoms with Gasteiger partial charge in [0.15, 0.2) is 11.5 Å². The Labute approximate surface area is 137 Å². The van der Waals surface area contributed by atoms with Gasteiger partial charge in [-0.3, -0.25) is 4.90 Å². The highest BCUT2D eigenvalue weighted by atomic mass is 16.6. The molecule has 0 aliphatic carbocycles. The molecule has 0 bridgehead atoms. The summed E-state index contributed by atoms with van der Waals surface area (Å²) in [6, 6.07) is 4.80. The predicted molar refractivity (Wildman–Crippen MR) is 88.9 cm³/mol. The lowest BCUT2D eigenvalue weighted by Gasteiger charge is -2.42. The summed E-state index contributed by atoms with van der Waals surface area (Å²) in [5.74, 6) is 2.60. The fourth-order valence-electron chi connectivity index (χ4n) is 3.92. The van der Waals surface area contributed by atoms with E-state index in [9.17, 15) is 0 Å². The summed E-state index contributed by atoms with van der Waals surface area (Å²) >= 11 is 0. The highest BCUT2D eigenvalue weighted by Gasteiger charge is 2.34. The summed E-state index contributed by atoms with van der Waals surface area (Å²) in [4.78, 5) is 2.53. The number of hydrogen-bond donors (Lipinski definition) is 0. The first-order valence-corrected chi connectivity index (χ1v) is 8.25. The summed E-state index contributed by atoms with van der Waals surface area (Å²) in [6.45, 7) is 9.50. The van der Waals surface area contributed by atoms with Gasteiger partial charge in [-0.15, -0.1) is 0 Å². The maximum Gasteiger partial charge on any atom is 0.161 e. The third-order valence-electron chi connectivity index (χ3n) is 5.23. The van der Waals surface area contributed by atoms with Crippen molar-refractivity contribution in [1.29, 1.82) is 0 Å². The maximum absolute atomic E-state index is 5.78. The molecule has 4 heteroatoms. The summed E-state index contributed by atoms with van der Waals surface area (Å²) < 4.78 is 16.9. The number of benzene rings is 1. The van der Waals surface area contributed by atoms with E-state index in [0.29, 0.717) is 19.3 Å². The standard InChI is InChI=1S/C19H23NO3/c1-12-8-17-15-10-19-18(22-6-7-23-19)9-14(15)4-5-20(17)11-16(12)13(2)21-3/h9-10,17H,2,4-8,11H2,1,3H3/t17-/m0/s1. The Morgan fingerprint density at radius 1 is 1.26 bits per heavy atom. The van der Waals surface area contributed by atoms with Gasteiger partial charge in [0, 0.05) is 24.7 Å². The van der Waals surface area contributed by atoms with Gasteiger partial charge < -0.3 is 14.2 Å². The molecule has 1 atom stereocenters. The molecule has 3 heterocycles. The first-order chi connectivity index (χ1) is 11.2. The van der Waals surface area contributed by atoms with Crippen molar-refractivity contribution in [3.8, 4) is 11.5 Å². The molecule has 3 aliphatic heterocycles. The minimum atomic E-state index is 0.419. The highest BCUT2D eigenvalue weighted by molar-refractivity contribution is 5.51. The van der Waals surface area contributed by atoms with E-state index in [2.05, 4.69) is 30.5 Å². The van der Waals surface area contributed by atoms with E-state index in [1.54, 1.807) is 7.11 Å². The number of nitrogens with zero attached hydrogens (tertiary/aromatic N) is 1. The predicted octanol–water partition coefficient (Wildman–Crippen LogP) is 3.24. The van der Waals surface area contributed by atoms with Crippen LogP contribution in [0.4, 0.5) is 0 Å². The van der Waals surface area contributed by atoms with Crippen molar-refractivity contribution in [2.75, 3.05) is 33.4 Å². The van der Waals surface area contributed by atoms with Gasteiger partial charge in [-0.25, -0.2) is 0 Å². The largest absolute Gasteiger partial charge is 0.497 e. The van der Waals surface area contributed by atoms with Crippen molar-refractivity contribution in [2.45, 2.75) is 25.8 Å². The number of fused-ring (bicyclic) bond motifs is 4. The molecule has 4 rings (SSSR count). The molecular formula is C19H23NO3. The Morgan fingerprint density at radius 3 is 2.74 bits per heavy atom. The zero-order valence-electron chi connectivity index (χ0n) is 13.9. The van der Waals surface area contributed by atoms with Crippen molar-refractivity contribution in [1.82, 2.24) is 4.90 Å². The Kier molecular flexibility index (Phi) is 3.57. The van der Waals surface area contributed by atoms with Gasteiger partial charge in [0.05, 0.1) is 7.11 Å². The molecule has 1 aromatic rings. The number of hydrogen-bond acceptors (Lipinski definition) is 4. The van der Waals surface area contributed by atoms with Crippen molar-refractivity contribution in [3.05, 3.63) is 46.7 Å². The number of ether oxygens (including phenoxy) is 3. The molecule has 0 spiro atoms. The van der Waals surface area contributed by atoms with E-state index in [-0.39, 0.29) is 0 Å². The van der Waals surface area contributed by atoms with Gasteiger partial charge in [-0.2, -0.15) is 0 Å². The minimum absolute atomic E-state index is 0.419. The molecule has 3 aliphatic rings. The van der Waals surface area contributed by atoms with Gasteiger partial charge in [-0.1, -0.05) is 12.2 Å². The average molecular weight is 313 g/mol. The van der Waals surface area contributed by atoms with Crippen LogP contribution in [0.25, 0.3) is 0 Å². The lowest BCUT2D eigenvalue weighted by Crippen LogP contribution is -2.40. The topological polar surface area (TPSA) is 30.9 Å². The van der Waals surface area contributed by atoms with Crippen LogP contribution in [0.3, 0.4) is 0 Å². The van der Waals surface area contributed by atoms with Crippen molar-refractivity contribution < 1.29 is 14.2 Å². The molecular weight excluding hydrogens is 290 g/mol. The Morgan fingerprint density at radius 2 is 2.00 bits per heavy atom. The molecule has 0 unspecified atom stereocenters. The number of rotatable bonds is 2. The number of methoxy groups -OCH3 is 1. The second-order valence-electron chi connectivity index (χ2n) is 6.52. The molecule has 0 fully saturated rings. The fraction of sp³-hybridized carbons (Fsp3) is 0.474. The summed E-state index contributed by atoms with van der Waals surface area (Å²) in [7, 11) is 1.70. The molecule has 0 N–H and O–H groups in total. The van der Waals surface area contributed by atoms with Gasteiger partial charge in [0.2, 0.25) is 0 Å². The maximum atomic E-state index is 5.78. The third kappa shape index (κ3) is 2.41. The van der Waals surface area contributed by atoms with Crippen LogP contribution in [-0.4, -0.2) is 38.3 Å². The molecule has 4 nitrogen and oxygen atoms in total. The molecule has 23 heavy (non-hydrogen) atoms. The highest BCUT2D eigenvalue weighted by Crippen LogP contribution is 2.44. The summed E-state index contributed by atoms with van der Waals surface area (Å²) in [5, 5.41) is 0. The van der Waals surface area contributed by atoms with Crippen LogP contribution < -0.4 is 9.47 Å². The van der Waals surface area contributed by atoms with Gasteiger partial charge in [-0.05, 0) is 43.0 Å². The van der Waals surface area contributed by atoms with E-state index >= 15 is 0 Å². The zero-order valence-corrected chi connectivity index (χ0v) is 13.9.